The van der Waals surface area contributed by atoms with Gasteiger partial charge in [0.2, 0.25) is 0 Å². The van der Waals surface area contributed by atoms with Crippen LogP contribution in [0.3, 0.4) is 0 Å². The van der Waals surface area contributed by atoms with Crippen LogP contribution in [0, 0.1) is 5.92 Å². The second-order valence-electron chi connectivity index (χ2n) is 5.70. The highest BCUT2D eigenvalue weighted by Crippen LogP contribution is 2.22. The van der Waals surface area contributed by atoms with E-state index in [2.05, 4.69) is 5.10 Å². The van der Waals surface area contributed by atoms with Gasteiger partial charge in [-0.3, -0.25) is 9.48 Å². The summed E-state index contributed by atoms with van der Waals surface area (Å²) in [5.74, 6) is 1.50. The molecule has 1 atom stereocenters. The average Bonchev–Trinajstić information content (AvgIpc) is 3.17. The molecule has 1 aromatic carbocycles. The Kier molecular flexibility index (Phi) is 4.42. The molecule has 3 rings (SSSR count). The molecule has 0 bridgehead atoms. The number of hydrogen-bond donors (Lipinski definition) is 0. The largest absolute Gasteiger partial charge is 0.494 e. The number of nitrogens with zero attached hydrogens (tertiary/aromatic N) is 3. The first-order valence-electron chi connectivity index (χ1n) is 7.69. The van der Waals surface area contributed by atoms with E-state index in [1.54, 1.807) is 24.0 Å². The van der Waals surface area contributed by atoms with Crippen LogP contribution < -0.4 is 4.74 Å². The zero-order chi connectivity index (χ0) is 15.4. The smallest absolute Gasteiger partial charge is 0.272 e. The maximum absolute atomic E-state index is 12.4. The summed E-state index contributed by atoms with van der Waals surface area (Å²) in [7, 11) is 1.80. The Labute approximate surface area is 130 Å². The number of rotatable bonds is 5. The van der Waals surface area contributed by atoms with E-state index in [4.69, 9.17) is 4.74 Å². The van der Waals surface area contributed by atoms with Crippen molar-refractivity contribution in [3.63, 3.8) is 0 Å². The number of aromatic nitrogens is 2. The summed E-state index contributed by atoms with van der Waals surface area (Å²) in [4.78, 5) is 14.3. The Hall–Kier alpha value is -2.30. The summed E-state index contributed by atoms with van der Waals surface area (Å²) in [5, 5.41) is 4.06. The predicted octanol–water partition coefficient (Wildman–Crippen LogP) is 2.35. The monoisotopic (exact) mass is 299 g/mol. The fourth-order valence-electron chi connectivity index (χ4n) is 2.86. The molecule has 0 spiro atoms. The summed E-state index contributed by atoms with van der Waals surface area (Å²) in [6, 6.07) is 11.6. The van der Waals surface area contributed by atoms with Gasteiger partial charge in [-0.1, -0.05) is 18.2 Å². The molecule has 1 unspecified atom stereocenters. The van der Waals surface area contributed by atoms with Crippen molar-refractivity contribution in [3.8, 4) is 5.75 Å². The van der Waals surface area contributed by atoms with Crippen molar-refractivity contribution in [1.82, 2.24) is 14.7 Å². The van der Waals surface area contributed by atoms with Crippen LogP contribution in [0.4, 0.5) is 0 Å². The van der Waals surface area contributed by atoms with E-state index >= 15 is 0 Å². The van der Waals surface area contributed by atoms with Crippen LogP contribution in [0.5, 0.6) is 5.75 Å². The summed E-state index contributed by atoms with van der Waals surface area (Å²) >= 11 is 0. The second kappa shape index (κ2) is 6.64. The molecule has 5 heteroatoms. The van der Waals surface area contributed by atoms with Gasteiger partial charge in [0.1, 0.15) is 11.4 Å². The maximum atomic E-state index is 12.4. The molecule has 1 saturated heterocycles. The molecule has 5 nitrogen and oxygen atoms in total. The maximum Gasteiger partial charge on any atom is 0.272 e. The molecule has 1 aromatic heterocycles. The van der Waals surface area contributed by atoms with E-state index in [0.29, 0.717) is 18.2 Å². The third-order valence-corrected chi connectivity index (χ3v) is 4.15. The first kappa shape index (κ1) is 14.6. The van der Waals surface area contributed by atoms with Crippen molar-refractivity contribution in [2.45, 2.75) is 12.8 Å². The van der Waals surface area contributed by atoms with E-state index < -0.39 is 0 Å². The van der Waals surface area contributed by atoms with Gasteiger partial charge in [-0.15, -0.1) is 0 Å². The molecule has 1 amide bonds. The molecule has 0 radical (unpaired) electrons. The minimum Gasteiger partial charge on any atom is -0.494 e. The summed E-state index contributed by atoms with van der Waals surface area (Å²) < 4.78 is 7.37. The molecular formula is C17H21N3O2. The Balaban J connectivity index is 1.46. The van der Waals surface area contributed by atoms with Crippen molar-refractivity contribution < 1.29 is 9.53 Å². The quantitative estimate of drug-likeness (QED) is 0.851. The van der Waals surface area contributed by atoms with Gasteiger partial charge in [0, 0.05) is 26.3 Å². The molecule has 1 fully saturated rings. The van der Waals surface area contributed by atoms with Crippen LogP contribution in [-0.2, 0) is 7.05 Å². The Morgan fingerprint density at radius 3 is 2.86 bits per heavy atom. The fourth-order valence-corrected chi connectivity index (χ4v) is 2.86. The zero-order valence-electron chi connectivity index (χ0n) is 12.8. The van der Waals surface area contributed by atoms with Crippen LogP contribution in [0.15, 0.2) is 42.6 Å². The Bertz CT molecular complexity index is 624. The summed E-state index contributed by atoms with van der Waals surface area (Å²) in [6.45, 7) is 2.32. The highest BCUT2D eigenvalue weighted by atomic mass is 16.5. The van der Waals surface area contributed by atoms with E-state index in [9.17, 15) is 4.79 Å². The van der Waals surface area contributed by atoms with E-state index in [1.165, 1.54) is 0 Å². The van der Waals surface area contributed by atoms with Crippen molar-refractivity contribution in [2.24, 2.45) is 13.0 Å². The number of aryl methyl sites for hydroxylation is 1. The molecular weight excluding hydrogens is 278 g/mol. The molecule has 1 aliphatic rings. The van der Waals surface area contributed by atoms with Gasteiger partial charge in [0.25, 0.3) is 5.91 Å². The average molecular weight is 299 g/mol. The lowest BCUT2D eigenvalue weighted by molar-refractivity contribution is 0.0774. The van der Waals surface area contributed by atoms with Gasteiger partial charge < -0.3 is 9.64 Å². The van der Waals surface area contributed by atoms with Crippen LogP contribution in [-0.4, -0.2) is 40.3 Å². The molecule has 2 aromatic rings. The standard InChI is InChI=1S/C17H21N3O2/c1-19-16(7-10-18-19)17(21)20-11-8-14(13-20)9-12-22-15-5-3-2-4-6-15/h2-7,10,14H,8-9,11-13H2,1H3. The van der Waals surface area contributed by atoms with Gasteiger partial charge in [0.05, 0.1) is 6.61 Å². The van der Waals surface area contributed by atoms with Crippen LogP contribution in [0.25, 0.3) is 0 Å². The number of ether oxygens (including phenoxy) is 1. The molecule has 116 valence electrons. The van der Waals surface area contributed by atoms with Crippen LogP contribution in [0.2, 0.25) is 0 Å². The minimum absolute atomic E-state index is 0.0754. The summed E-state index contributed by atoms with van der Waals surface area (Å²) in [5.41, 5.74) is 0.654. The molecule has 0 aliphatic carbocycles. The van der Waals surface area contributed by atoms with Crippen molar-refractivity contribution >= 4 is 5.91 Å². The third kappa shape index (κ3) is 3.30. The van der Waals surface area contributed by atoms with Gasteiger partial charge >= 0.3 is 0 Å². The lowest BCUT2D eigenvalue weighted by atomic mass is 10.1. The number of para-hydroxylation sites is 1. The first-order valence-corrected chi connectivity index (χ1v) is 7.69. The number of likely N-dealkylation sites (tertiary alicyclic amines) is 1. The number of carbonyl (C=O) groups excluding carboxylic acids is 1. The van der Waals surface area contributed by atoms with Gasteiger partial charge in [0.15, 0.2) is 0 Å². The zero-order valence-corrected chi connectivity index (χ0v) is 12.8. The van der Waals surface area contributed by atoms with E-state index in [0.717, 1.165) is 31.7 Å². The number of amides is 1. The molecule has 22 heavy (non-hydrogen) atoms. The van der Waals surface area contributed by atoms with Crippen LogP contribution in [0.1, 0.15) is 23.3 Å². The summed E-state index contributed by atoms with van der Waals surface area (Å²) in [6.07, 6.45) is 3.68. The second-order valence-corrected chi connectivity index (χ2v) is 5.70. The van der Waals surface area contributed by atoms with Crippen molar-refractivity contribution in [3.05, 3.63) is 48.3 Å². The normalized spacial score (nSPS) is 17.7. The highest BCUT2D eigenvalue weighted by molar-refractivity contribution is 5.92. The van der Waals surface area contributed by atoms with Crippen molar-refractivity contribution in [2.75, 3.05) is 19.7 Å². The molecule has 0 N–H and O–H groups in total. The van der Waals surface area contributed by atoms with Gasteiger partial charge in [-0.2, -0.15) is 5.10 Å². The van der Waals surface area contributed by atoms with E-state index in [1.807, 2.05) is 35.2 Å². The number of benzene rings is 1. The lowest BCUT2D eigenvalue weighted by Gasteiger charge is -2.16. The predicted molar refractivity (Wildman–Crippen MR) is 83.8 cm³/mol. The Morgan fingerprint density at radius 2 is 2.14 bits per heavy atom. The molecule has 0 saturated carbocycles. The van der Waals surface area contributed by atoms with Crippen LogP contribution >= 0.6 is 0 Å². The number of carbonyl (C=O) groups is 1. The SMILES string of the molecule is Cn1nccc1C(=O)N1CCC(CCOc2ccccc2)C1. The highest BCUT2D eigenvalue weighted by Gasteiger charge is 2.28. The Morgan fingerprint density at radius 1 is 1.32 bits per heavy atom. The fraction of sp³-hybridized carbons (Fsp3) is 0.412. The molecule has 2 heterocycles. The van der Waals surface area contributed by atoms with Gasteiger partial charge in [-0.05, 0) is 37.0 Å². The number of hydrogen-bond acceptors (Lipinski definition) is 3. The van der Waals surface area contributed by atoms with Crippen molar-refractivity contribution in [1.29, 1.82) is 0 Å². The minimum atomic E-state index is 0.0754. The van der Waals surface area contributed by atoms with Gasteiger partial charge in [-0.25, -0.2) is 0 Å². The topological polar surface area (TPSA) is 47.4 Å². The van der Waals surface area contributed by atoms with E-state index in [-0.39, 0.29) is 5.91 Å². The third-order valence-electron chi connectivity index (χ3n) is 4.15. The lowest BCUT2D eigenvalue weighted by Crippen LogP contribution is -2.30. The first-order chi connectivity index (χ1) is 10.7. The molecule has 1 aliphatic heterocycles.